The molecule has 5 rings (SSSR count). The Hall–Kier alpha value is -2.28. The summed E-state index contributed by atoms with van der Waals surface area (Å²) in [6, 6.07) is 3.35. The fraction of sp³-hybridized carbons (Fsp3) is 0.609. The maximum atomic E-state index is 13.1. The van der Waals surface area contributed by atoms with E-state index >= 15 is 0 Å². The molecule has 1 aromatic rings. The zero-order valence-corrected chi connectivity index (χ0v) is 18.9. The summed E-state index contributed by atoms with van der Waals surface area (Å²) in [6.07, 6.45) is 5.09. The molecule has 4 fully saturated rings. The van der Waals surface area contributed by atoms with Gasteiger partial charge in [-0.3, -0.25) is 14.4 Å². The maximum absolute atomic E-state index is 13.1. The second-order valence-corrected chi connectivity index (χ2v) is 10.0. The monoisotopic (exact) mass is 448 g/mol. The van der Waals surface area contributed by atoms with Crippen LogP contribution in [0.2, 0.25) is 5.02 Å². The first-order chi connectivity index (χ1) is 14.6. The Morgan fingerprint density at radius 1 is 1.16 bits per heavy atom. The van der Waals surface area contributed by atoms with Gasteiger partial charge in [-0.05, 0) is 68.9 Å². The molecule has 0 aliphatic heterocycles. The molecule has 4 bridgehead atoms. The van der Waals surface area contributed by atoms with Gasteiger partial charge in [0.1, 0.15) is 5.75 Å². The fourth-order valence-corrected chi connectivity index (χ4v) is 6.57. The number of nitrogens with one attached hydrogen (secondary N) is 2. The number of hydrogen-bond donors (Lipinski definition) is 2. The van der Waals surface area contributed by atoms with Crippen molar-refractivity contribution in [2.45, 2.75) is 57.9 Å². The number of carbonyl (C=O) groups is 3. The van der Waals surface area contributed by atoms with Crippen molar-refractivity contribution in [1.82, 2.24) is 5.32 Å². The Morgan fingerprint density at radius 3 is 2.45 bits per heavy atom. The molecule has 2 N–H and O–H groups in total. The number of methoxy groups -OCH3 is 1. The molecule has 2 amide bonds. The van der Waals surface area contributed by atoms with Crippen LogP contribution in [0.5, 0.6) is 5.75 Å². The molecular formula is C23H29ClN2O5. The summed E-state index contributed by atoms with van der Waals surface area (Å²) in [6.45, 7) is 2.99. The first-order valence-corrected chi connectivity index (χ1v) is 11.1. The molecule has 0 unspecified atom stereocenters. The molecule has 31 heavy (non-hydrogen) atoms. The minimum atomic E-state index is -0.610. The third-order valence-electron chi connectivity index (χ3n) is 7.02. The summed E-state index contributed by atoms with van der Waals surface area (Å²) in [5, 5.41) is 6.41. The summed E-state index contributed by atoms with van der Waals surface area (Å²) >= 11 is 6.11. The third-order valence-corrected chi connectivity index (χ3v) is 7.43. The summed E-state index contributed by atoms with van der Waals surface area (Å²) in [4.78, 5) is 37.4. The lowest BCUT2D eigenvalue weighted by Crippen LogP contribution is -2.64. The average Bonchev–Trinajstić information content (AvgIpc) is 2.66. The molecule has 2 atom stereocenters. The van der Waals surface area contributed by atoms with Gasteiger partial charge in [0.05, 0.1) is 18.2 Å². The minimum Gasteiger partial charge on any atom is -0.495 e. The van der Waals surface area contributed by atoms with Gasteiger partial charge in [0.25, 0.3) is 5.91 Å². The predicted molar refractivity (Wildman–Crippen MR) is 116 cm³/mol. The molecule has 168 valence electrons. The SMILES string of the molecule is COc1cc(Cl)c(C)cc1NC(=O)COC(=O)C12C[C@H]3C[C@@H](CC(NC(C)=O)(C3)C1)C2. The number of aryl methyl sites for hydroxylation is 1. The van der Waals surface area contributed by atoms with Crippen LogP contribution >= 0.6 is 11.6 Å². The van der Waals surface area contributed by atoms with E-state index in [1.807, 2.05) is 6.92 Å². The van der Waals surface area contributed by atoms with E-state index in [-0.39, 0.29) is 24.0 Å². The van der Waals surface area contributed by atoms with E-state index in [0.717, 1.165) is 37.7 Å². The molecule has 1 aromatic carbocycles. The summed E-state index contributed by atoms with van der Waals surface area (Å²) in [5.74, 6) is 0.442. The highest BCUT2D eigenvalue weighted by Gasteiger charge is 2.61. The quantitative estimate of drug-likeness (QED) is 0.648. The van der Waals surface area contributed by atoms with Crippen LogP contribution in [0, 0.1) is 24.2 Å². The average molecular weight is 449 g/mol. The zero-order chi connectivity index (χ0) is 22.4. The van der Waals surface area contributed by atoms with Gasteiger partial charge in [-0.25, -0.2) is 0 Å². The number of esters is 1. The fourth-order valence-electron chi connectivity index (χ4n) is 6.42. The largest absolute Gasteiger partial charge is 0.495 e. The normalized spacial score (nSPS) is 30.6. The first kappa shape index (κ1) is 21.9. The number of amides is 2. The van der Waals surface area contributed by atoms with Crippen LogP contribution in [-0.4, -0.2) is 37.0 Å². The topological polar surface area (TPSA) is 93.7 Å². The highest BCUT2D eigenvalue weighted by Crippen LogP contribution is 2.62. The summed E-state index contributed by atoms with van der Waals surface area (Å²) in [7, 11) is 1.49. The summed E-state index contributed by atoms with van der Waals surface area (Å²) < 4.78 is 10.8. The molecule has 7 nitrogen and oxygen atoms in total. The molecule has 0 aromatic heterocycles. The van der Waals surface area contributed by atoms with Crippen molar-refractivity contribution in [1.29, 1.82) is 0 Å². The van der Waals surface area contributed by atoms with Crippen LogP contribution < -0.4 is 15.4 Å². The van der Waals surface area contributed by atoms with Gasteiger partial charge in [0, 0.05) is 23.6 Å². The van der Waals surface area contributed by atoms with Gasteiger partial charge in [-0.2, -0.15) is 0 Å². The van der Waals surface area contributed by atoms with Crippen LogP contribution in [0.15, 0.2) is 12.1 Å². The van der Waals surface area contributed by atoms with E-state index in [9.17, 15) is 14.4 Å². The van der Waals surface area contributed by atoms with Gasteiger partial charge < -0.3 is 20.1 Å². The van der Waals surface area contributed by atoms with E-state index in [0.29, 0.717) is 34.7 Å². The van der Waals surface area contributed by atoms with Crippen LogP contribution in [-0.2, 0) is 19.1 Å². The number of carbonyl (C=O) groups excluding carboxylic acids is 3. The molecule has 0 heterocycles. The highest BCUT2D eigenvalue weighted by atomic mass is 35.5. The molecule has 0 spiro atoms. The van der Waals surface area contributed by atoms with Gasteiger partial charge in [-0.15, -0.1) is 0 Å². The lowest BCUT2D eigenvalue weighted by Gasteiger charge is -2.60. The Morgan fingerprint density at radius 2 is 1.84 bits per heavy atom. The van der Waals surface area contributed by atoms with Crippen molar-refractivity contribution >= 4 is 35.1 Å². The standard InChI is InChI=1S/C23H29ClN2O5/c1-13-4-18(19(30-3)6-17(13)24)25-20(28)11-31-21(29)22-7-15-5-16(8-22)10-23(9-15,12-22)26-14(2)27/h4,6,15-16H,5,7-12H2,1-3H3,(H,25,28)(H,26,27)/t15-,16-,22?,23?/m1/s1. The van der Waals surface area contributed by atoms with Crippen molar-refractivity contribution in [3.05, 3.63) is 22.7 Å². The van der Waals surface area contributed by atoms with Crippen molar-refractivity contribution < 1.29 is 23.9 Å². The van der Waals surface area contributed by atoms with Crippen LogP contribution in [0.25, 0.3) is 0 Å². The lowest BCUT2D eigenvalue weighted by atomic mass is 9.47. The van der Waals surface area contributed by atoms with Crippen LogP contribution in [0.1, 0.15) is 51.0 Å². The molecule has 4 saturated carbocycles. The van der Waals surface area contributed by atoms with Crippen molar-refractivity contribution in [2.75, 3.05) is 19.0 Å². The number of hydrogen-bond acceptors (Lipinski definition) is 5. The third kappa shape index (κ3) is 4.25. The molecule has 0 saturated heterocycles. The van der Waals surface area contributed by atoms with Gasteiger partial charge >= 0.3 is 5.97 Å². The van der Waals surface area contributed by atoms with E-state index in [2.05, 4.69) is 10.6 Å². The number of ether oxygens (including phenoxy) is 2. The second-order valence-electron chi connectivity index (χ2n) is 9.63. The number of anilines is 1. The smallest absolute Gasteiger partial charge is 0.312 e. The number of halogens is 1. The van der Waals surface area contributed by atoms with Crippen molar-refractivity contribution in [3.8, 4) is 5.75 Å². The molecule has 0 radical (unpaired) electrons. The van der Waals surface area contributed by atoms with Crippen molar-refractivity contribution in [3.63, 3.8) is 0 Å². The maximum Gasteiger partial charge on any atom is 0.312 e. The highest BCUT2D eigenvalue weighted by molar-refractivity contribution is 6.31. The Bertz CT molecular complexity index is 917. The Kier molecular flexibility index (Phi) is 5.66. The van der Waals surface area contributed by atoms with Gasteiger partial charge in [0.2, 0.25) is 5.91 Å². The molecule has 4 aliphatic rings. The van der Waals surface area contributed by atoms with E-state index in [1.165, 1.54) is 14.0 Å². The predicted octanol–water partition coefficient (Wildman–Crippen LogP) is 3.61. The van der Waals surface area contributed by atoms with Crippen LogP contribution in [0.3, 0.4) is 0 Å². The Labute approximate surface area is 187 Å². The molecular weight excluding hydrogens is 420 g/mol. The molecule has 8 heteroatoms. The van der Waals surface area contributed by atoms with Gasteiger partial charge in [-0.1, -0.05) is 11.6 Å². The van der Waals surface area contributed by atoms with Crippen molar-refractivity contribution in [2.24, 2.45) is 17.3 Å². The van der Waals surface area contributed by atoms with E-state index < -0.39 is 11.3 Å². The number of rotatable bonds is 6. The Balaban J connectivity index is 1.42. The van der Waals surface area contributed by atoms with E-state index in [4.69, 9.17) is 21.1 Å². The minimum absolute atomic E-state index is 0.0583. The zero-order valence-electron chi connectivity index (χ0n) is 18.2. The van der Waals surface area contributed by atoms with Crippen LogP contribution in [0.4, 0.5) is 5.69 Å². The molecule has 4 aliphatic carbocycles. The lowest BCUT2D eigenvalue weighted by molar-refractivity contribution is -0.176. The summed E-state index contributed by atoms with van der Waals surface area (Å²) in [5.41, 5.74) is 0.351. The second kappa shape index (κ2) is 8.01. The number of benzene rings is 1. The van der Waals surface area contributed by atoms with E-state index in [1.54, 1.807) is 12.1 Å². The van der Waals surface area contributed by atoms with Gasteiger partial charge in [0.15, 0.2) is 6.61 Å². The first-order valence-electron chi connectivity index (χ1n) is 10.7.